The van der Waals surface area contributed by atoms with Crippen LogP contribution in [0.2, 0.25) is 0 Å². The van der Waals surface area contributed by atoms with Gasteiger partial charge in [0, 0.05) is 13.2 Å². The number of hydrogen-bond acceptors (Lipinski definition) is 4. The molecule has 1 atom stereocenters. The minimum absolute atomic E-state index is 0.0667. The Balaban J connectivity index is 1.93. The number of nitrogens with one attached hydrogen (secondary N) is 1. The first kappa shape index (κ1) is 18.4. The van der Waals surface area contributed by atoms with Crippen LogP contribution < -0.4 is 9.62 Å². The quantitative estimate of drug-likeness (QED) is 0.843. The van der Waals surface area contributed by atoms with Crippen LogP contribution in [0.1, 0.15) is 19.8 Å². The topological polar surface area (TPSA) is 75.7 Å². The summed E-state index contributed by atoms with van der Waals surface area (Å²) in [6, 6.07) is 15.3. The third-order valence-electron chi connectivity index (χ3n) is 4.27. The van der Waals surface area contributed by atoms with E-state index in [4.69, 9.17) is 4.74 Å². The molecule has 1 aliphatic heterocycles. The van der Waals surface area contributed by atoms with Crippen LogP contribution in [-0.2, 0) is 19.6 Å². The third kappa shape index (κ3) is 3.73. The molecule has 7 heteroatoms. The molecule has 3 rings (SSSR count). The molecule has 0 bridgehead atoms. The first-order valence-corrected chi connectivity index (χ1v) is 10.1. The number of amides is 1. The van der Waals surface area contributed by atoms with Gasteiger partial charge in [0.2, 0.25) is 0 Å². The molecule has 138 valence electrons. The highest BCUT2D eigenvalue weighted by atomic mass is 32.2. The molecule has 2 aromatic carbocycles. The number of anilines is 2. The van der Waals surface area contributed by atoms with Crippen LogP contribution in [0, 0.1) is 0 Å². The molecule has 1 heterocycles. The zero-order valence-electron chi connectivity index (χ0n) is 14.6. The molecule has 1 aliphatic rings. The summed E-state index contributed by atoms with van der Waals surface area (Å²) in [5.74, 6) is -0.312. The van der Waals surface area contributed by atoms with E-state index in [0.717, 1.165) is 6.42 Å². The van der Waals surface area contributed by atoms with Crippen LogP contribution in [0.5, 0.6) is 0 Å². The molecule has 0 spiro atoms. The Kier molecular flexibility index (Phi) is 5.58. The lowest BCUT2D eigenvalue weighted by Crippen LogP contribution is -2.32. The SMILES string of the molecule is CCN(c1ccccc1)S(=O)(=O)c1ccccc1NC(=O)C1CCCO1. The highest BCUT2D eigenvalue weighted by Gasteiger charge is 2.29. The van der Waals surface area contributed by atoms with E-state index in [1.54, 1.807) is 49.4 Å². The van der Waals surface area contributed by atoms with Gasteiger partial charge in [-0.1, -0.05) is 30.3 Å². The fraction of sp³-hybridized carbons (Fsp3) is 0.316. The Morgan fingerprint density at radius 2 is 1.85 bits per heavy atom. The van der Waals surface area contributed by atoms with Gasteiger partial charge in [0.25, 0.3) is 15.9 Å². The van der Waals surface area contributed by atoms with Crippen molar-refractivity contribution in [3.05, 3.63) is 54.6 Å². The van der Waals surface area contributed by atoms with E-state index in [9.17, 15) is 13.2 Å². The van der Waals surface area contributed by atoms with Crippen molar-refractivity contribution in [3.8, 4) is 0 Å². The summed E-state index contributed by atoms with van der Waals surface area (Å²) in [7, 11) is -3.83. The van der Waals surface area contributed by atoms with Crippen molar-refractivity contribution in [2.45, 2.75) is 30.8 Å². The second kappa shape index (κ2) is 7.88. The van der Waals surface area contributed by atoms with E-state index in [2.05, 4.69) is 5.32 Å². The smallest absolute Gasteiger partial charge is 0.266 e. The number of rotatable bonds is 6. The van der Waals surface area contributed by atoms with E-state index in [0.29, 0.717) is 18.7 Å². The van der Waals surface area contributed by atoms with Crippen LogP contribution in [0.4, 0.5) is 11.4 Å². The van der Waals surface area contributed by atoms with Gasteiger partial charge >= 0.3 is 0 Å². The average molecular weight is 374 g/mol. The number of ether oxygens (including phenoxy) is 1. The molecule has 26 heavy (non-hydrogen) atoms. The first-order valence-electron chi connectivity index (χ1n) is 8.63. The second-order valence-corrected chi connectivity index (χ2v) is 7.82. The van der Waals surface area contributed by atoms with Crippen molar-refractivity contribution in [2.75, 3.05) is 22.8 Å². The molecule has 1 saturated heterocycles. The number of carbonyl (C=O) groups excluding carboxylic acids is 1. The zero-order valence-corrected chi connectivity index (χ0v) is 15.4. The molecule has 0 aromatic heterocycles. The van der Waals surface area contributed by atoms with Gasteiger partial charge in [-0.3, -0.25) is 9.10 Å². The minimum atomic E-state index is -3.83. The van der Waals surface area contributed by atoms with Gasteiger partial charge in [0.1, 0.15) is 11.0 Å². The predicted octanol–water partition coefficient (Wildman–Crippen LogP) is 3.02. The molecule has 0 radical (unpaired) electrons. The molecule has 2 aromatic rings. The van der Waals surface area contributed by atoms with Gasteiger partial charge in [-0.2, -0.15) is 0 Å². The lowest BCUT2D eigenvalue weighted by Gasteiger charge is -2.24. The molecular weight excluding hydrogens is 352 g/mol. The van der Waals surface area contributed by atoms with Gasteiger partial charge in [-0.25, -0.2) is 8.42 Å². The van der Waals surface area contributed by atoms with Crippen LogP contribution in [0.15, 0.2) is 59.5 Å². The van der Waals surface area contributed by atoms with Gasteiger partial charge in [0.05, 0.1) is 11.4 Å². The van der Waals surface area contributed by atoms with Crippen molar-refractivity contribution in [2.24, 2.45) is 0 Å². The molecule has 1 fully saturated rings. The fourth-order valence-electron chi connectivity index (χ4n) is 3.00. The third-order valence-corrected chi connectivity index (χ3v) is 6.23. The molecule has 1 amide bonds. The number of benzene rings is 2. The van der Waals surface area contributed by atoms with E-state index >= 15 is 0 Å². The number of hydrogen-bond donors (Lipinski definition) is 1. The summed E-state index contributed by atoms with van der Waals surface area (Å²) in [5.41, 5.74) is 0.845. The Bertz CT molecular complexity index is 862. The Morgan fingerprint density at radius 3 is 2.50 bits per heavy atom. The van der Waals surface area contributed by atoms with Crippen molar-refractivity contribution >= 4 is 27.3 Å². The Labute approximate surface area is 153 Å². The molecule has 1 N–H and O–H groups in total. The van der Waals surface area contributed by atoms with Gasteiger partial charge in [-0.05, 0) is 44.0 Å². The summed E-state index contributed by atoms with van der Waals surface area (Å²) >= 11 is 0. The number of carbonyl (C=O) groups is 1. The highest BCUT2D eigenvalue weighted by Crippen LogP contribution is 2.29. The van der Waals surface area contributed by atoms with Gasteiger partial charge in [0.15, 0.2) is 0 Å². The lowest BCUT2D eigenvalue weighted by atomic mass is 10.2. The molecule has 0 saturated carbocycles. The van der Waals surface area contributed by atoms with Crippen LogP contribution in [-0.4, -0.2) is 33.6 Å². The maximum Gasteiger partial charge on any atom is 0.266 e. The van der Waals surface area contributed by atoms with Crippen LogP contribution in [0.25, 0.3) is 0 Å². The van der Waals surface area contributed by atoms with E-state index in [1.807, 2.05) is 6.07 Å². The number of nitrogens with zero attached hydrogens (tertiary/aromatic N) is 1. The lowest BCUT2D eigenvalue weighted by molar-refractivity contribution is -0.124. The summed E-state index contributed by atoms with van der Waals surface area (Å²) in [6.45, 7) is 2.61. The van der Waals surface area contributed by atoms with E-state index in [-0.39, 0.29) is 23.0 Å². The van der Waals surface area contributed by atoms with Gasteiger partial charge in [-0.15, -0.1) is 0 Å². The zero-order chi connectivity index (χ0) is 18.6. The van der Waals surface area contributed by atoms with Crippen molar-refractivity contribution in [3.63, 3.8) is 0 Å². The average Bonchev–Trinajstić information content (AvgIpc) is 3.18. The number of sulfonamides is 1. The minimum Gasteiger partial charge on any atom is -0.368 e. The van der Waals surface area contributed by atoms with Crippen LogP contribution >= 0.6 is 0 Å². The first-order chi connectivity index (χ1) is 12.5. The Morgan fingerprint density at radius 1 is 1.15 bits per heavy atom. The normalized spacial score (nSPS) is 17.0. The Hall–Kier alpha value is -2.38. The summed E-state index contributed by atoms with van der Waals surface area (Å²) in [4.78, 5) is 12.4. The maximum atomic E-state index is 13.2. The summed E-state index contributed by atoms with van der Waals surface area (Å²) < 4.78 is 33.2. The van der Waals surface area contributed by atoms with E-state index in [1.165, 1.54) is 10.4 Å². The second-order valence-electron chi connectivity index (χ2n) is 5.99. The standard InChI is InChI=1S/C19H22N2O4S/c1-2-21(15-9-4-3-5-10-15)26(23,24)18-13-7-6-11-16(18)20-19(22)17-12-8-14-25-17/h3-7,9-11,13,17H,2,8,12,14H2,1H3,(H,20,22). The highest BCUT2D eigenvalue weighted by molar-refractivity contribution is 7.93. The predicted molar refractivity (Wildman–Crippen MR) is 101 cm³/mol. The molecule has 6 nitrogen and oxygen atoms in total. The van der Waals surface area contributed by atoms with Crippen molar-refractivity contribution < 1.29 is 17.9 Å². The number of para-hydroxylation sites is 2. The molecule has 1 unspecified atom stereocenters. The van der Waals surface area contributed by atoms with Crippen molar-refractivity contribution in [1.82, 2.24) is 0 Å². The van der Waals surface area contributed by atoms with Crippen LogP contribution in [0.3, 0.4) is 0 Å². The monoisotopic (exact) mass is 374 g/mol. The largest absolute Gasteiger partial charge is 0.368 e. The molecule has 0 aliphatic carbocycles. The maximum absolute atomic E-state index is 13.2. The summed E-state index contributed by atoms with van der Waals surface area (Å²) in [6.07, 6.45) is 0.948. The van der Waals surface area contributed by atoms with E-state index < -0.39 is 16.1 Å². The summed E-state index contributed by atoms with van der Waals surface area (Å²) in [5, 5.41) is 2.72. The fourth-order valence-corrected chi connectivity index (χ4v) is 4.62. The molecular formula is C19H22N2O4S. The van der Waals surface area contributed by atoms with Gasteiger partial charge < -0.3 is 10.1 Å². The van der Waals surface area contributed by atoms with Crippen molar-refractivity contribution in [1.29, 1.82) is 0 Å².